The quantitative estimate of drug-likeness (QED) is 0.781. The normalized spacial score (nSPS) is 12.5. The molecule has 0 aliphatic carbocycles. The van der Waals surface area contributed by atoms with Crippen LogP contribution in [0.15, 0.2) is 24.3 Å². The molecule has 0 heterocycles. The summed E-state index contributed by atoms with van der Waals surface area (Å²) >= 11 is 6.29. The van der Waals surface area contributed by atoms with Gasteiger partial charge in [-0.15, -0.1) is 11.6 Å². The van der Waals surface area contributed by atoms with Crippen molar-refractivity contribution in [2.24, 2.45) is 5.92 Å². The van der Waals surface area contributed by atoms with Crippen LogP contribution < -0.4 is 5.32 Å². The zero-order valence-electron chi connectivity index (χ0n) is 11.4. The fourth-order valence-corrected chi connectivity index (χ4v) is 2.40. The minimum Gasteiger partial charge on any atom is -0.351 e. The number of alkyl halides is 1. The average Bonchev–Trinajstić information content (AvgIpc) is 2.38. The molecule has 1 unspecified atom stereocenters. The van der Waals surface area contributed by atoms with E-state index in [4.69, 9.17) is 11.6 Å². The SMILES string of the molecule is CCC(CC)C(Cl)CNC(=O)c1ccc(C)cc1. The summed E-state index contributed by atoms with van der Waals surface area (Å²) < 4.78 is 0. The molecule has 1 aromatic rings. The van der Waals surface area contributed by atoms with Crippen molar-refractivity contribution in [3.05, 3.63) is 35.4 Å². The summed E-state index contributed by atoms with van der Waals surface area (Å²) in [4.78, 5) is 11.9. The Bertz CT molecular complexity index is 371. The van der Waals surface area contributed by atoms with Crippen LogP contribution in [0.1, 0.15) is 42.6 Å². The Morgan fingerprint density at radius 3 is 2.28 bits per heavy atom. The van der Waals surface area contributed by atoms with Crippen LogP contribution in [-0.4, -0.2) is 17.8 Å². The predicted octanol–water partition coefficient (Wildman–Crippen LogP) is 3.77. The Morgan fingerprint density at radius 2 is 1.78 bits per heavy atom. The van der Waals surface area contributed by atoms with Crippen molar-refractivity contribution in [3.63, 3.8) is 0 Å². The maximum absolute atomic E-state index is 11.9. The van der Waals surface area contributed by atoms with Crippen molar-refractivity contribution in [1.29, 1.82) is 0 Å². The lowest BCUT2D eigenvalue weighted by Gasteiger charge is -2.19. The van der Waals surface area contributed by atoms with Crippen molar-refractivity contribution in [1.82, 2.24) is 5.32 Å². The van der Waals surface area contributed by atoms with E-state index in [1.807, 2.05) is 31.2 Å². The summed E-state index contributed by atoms with van der Waals surface area (Å²) in [5.41, 5.74) is 1.84. The fourth-order valence-electron chi connectivity index (χ4n) is 1.96. The first-order chi connectivity index (χ1) is 8.58. The van der Waals surface area contributed by atoms with Gasteiger partial charge in [-0.05, 0) is 25.0 Å². The zero-order valence-corrected chi connectivity index (χ0v) is 12.1. The van der Waals surface area contributed by atoms with Crippen molar-refractivity contribution < 1.29 is 4.79 Å². The van der Waals surface area contributed by atoms with E-state index in [-0.39, 0.29) is 11.3 Å². The minimum atomic E-state index is -0.0494. The second kappa shape index (κ2) is 7.42. The molecule has 1 aromatic carbocycles. The first kappa shape index (κ1) is 15.0. The number of hydrogen-bond donors (Lipinski definition) is 1. The molecule has 1 atom stereocenters. The third kappa shape index (κ3) is 4.34. The van der Waals surface area contributed by atoms with Crippen molar-refractivity contribution in [2.75, 3.05) is 6.54 Å². The second-order valence-electron chi connectivity index (χ2n) is 4.67. The molecule has 1 N–H and O–H groups in total. The summed E-state index contributed by atoms with van der Waals surface area (Å²) in [6, 6.07) is 7.55. The molecule has 3 heteroatoms. The molecular formula is C15H22ClNO. The van der Waals surface area contributed by atoms with Crippen LogP contribution in [0, 0.1) is 12.8 Å². The molecule has 0 aromatic heterocycles. The molecular weight excluding hydrogens is 246 g/mol. The lowest BCUT2D eigenvalue weighted by Crippen LogP contribution is -2.33. The van der Waals surface area contributed by atoms with Crippen molar-refractivity contribution >= 4 is 17.5 Å². The highest BCUT2D eigenvalue weighted by Crippen LogP contribution is 2.17. The predicted molar refractivity (Wildman–Crippen MR) is 77.2 cm³/mol. The average molecular weight is 268 g/mol. The van der Waals surface area contributed by atoms with E-state index in [1.165, 1.54) is 0 Å². The van der Waals surface area contributed by atoms with Crippen LogP contribution in [0.2, 0.25) is 0 Å². The molecule has 100 valence electrons. The molecule has 0 aliphatic heterocycles. The zero-order chi connectivity index (χ0) is 13.5. The molecule has 18 heavy (non-hydrogen) atoms. The van der Waals surface area contributed by atoms with Gasteiger partial charge in [0.1, 0.15) is 0 Å². The standard InChI is InChI=1S/C15H22ClNO/c1-4-12(5-2)14(16)10-17-15(18)13-8-6-11(3)7-9-13/h6-9,12,14H,4-5,10H2,1-3H3,(H,17,18). The summed E-state index contributed by atoms with van der Waals surface area (Å²) in [5, 5.41) is 2.91. The van der Waals surface area contributed by atoms with Gasteiger partial charge >= 0.3 is 0 Å². The molecule has 2 nitrogen and oxygen atoms in total. The van der Waals surface area contributed by atoms with Crippen LogP contribution >= 0.6 is 11.6 Å². The number of benzene rings is 1. The molecule has 0 fully saturated rings. The number of hydrogen-bond acceptors (Lipinski definition) is 1. The van der Waals surface area contributed by atoms with Crippen LogP contribution in [-0.2, 0) is 0 Å². The number of aryl methyl sites for hydroxylation is 1. The van der Waals surface area contributed by atoms with Gasteiger partial charge in [0.05, 0.1) is 5.38 Å². The number of nitrogens with one attached hydrogen (secondary N) is 1. The number of amides is 1. The number of carbonyl (C=O) groups excluding carboxylic acids is 1. The van der Waals surface area contributed by atoms with Gasteiger partial charge in [0, 0.05) is 12.1 Å². The van der Waals surface area contributed by atoms with Gasteiger partial charge in [-0.2, -0.15) is 0 Å². The molecule has 1 rings (SSSR count). The molecule has 1 amide bonds. The maximum atomic E-state index is 11.9. The number of carbonyl (C=O) groups is 1. The van der Waals surface area contributed by atoms with Gasteiger partial charge in [-0.3, -0.25) is 4.79 Å². The van der Waals surface area contributed by atoms with E-state index in [9.17, 15) is 4.79 Å². The highest BCUT2D eigenvalue weighted by atomic mass is 35.5. The first-order valence-corrected chi connectivity index (χ1v) is 7.01. The summed E-state index contributed by atoms with van der Waals surface area (Å²) in [7, 11) is 0. The topological polar surface area (TPSA) is 29.1 Å². The van der Waals surface area contributed by atoms with Crippen molar-refractivity contribution in [3.8, 4) is 0 Å². The lowest BCUT2D eigenvalue weighted by molar-refractivity contribution is 0.0951. The third-order valence-corrected chi connectivity index (χ3v) is 3.84. The Kier molecular flexibility index (Phi) is 6.20. The van der Waals surface area contributed by atoms with E-state index >= 15 is 0 Å². The van der Waals surface area contributed by atoms with Gasteiger partial charge in [0.2, 0.25) is 0 Å². The molecule has 0 bridgehead atoms. The Labute approximate surface area is 115 Å². The van der Waals surface area contributed by atoms with Crippen LogP contribution in [0.5, 0.6) is 0 Å². The summed E-state index contributed by atoms with van der Waals surface area (Å²) in [6.07, 6.45) is 2.09. The van der Waals surface area contributed by atoms with Gasteiger partial charge in [0.15, 0.2) is 0 Å². The molecule has 0 aliphatic rings. The Hall–Kier alpha value is -1.02. The van der Waals surface area contributed by atoms with Gasteiger partial charge in [-0.25, -0.2) is 0 Å². The van der Waals surface area contributed by atoms with Gasteiger partial charge in [0.25, 0.3) is 5.91 Å². The van der Waals surface area contributed by atoms with Gasteiger partial charge < -0.3 is 5.32 Å². The fraction of sp³-hybridized carbons (Fsp3) is 0.533. The lowest BCUT2D eigenvalue weighted by atomic mass is 9.99. The van der Waals surface area contributed by atoms with Gasteiger partial charge in [-0.1, -0.05) is 44.4 Å². The van der Waals surface area contributed by atoms with E-state index in [2.05, 4.69) is 19.2 Å². The third-order valence-electron chi connectivity index (χ3n) is 3.33. The van der Waals surface area contributed by atoms with Crippen LogP contribution in [0.3, 0.4) is 0 Å². The molecule has 0 spiro atoms. The second-order valence-corrected chi connectivity index (χ2v) is 5.23. The summed E-state index contributed by atoms with van der Waals surface area (Å²) in [5.74, 6) is 0.414. The largest absolute Gasteiger partial charge is 0.351 e. The van der Waals surface area contributed by atoms with E-state index in [0.717, 1.165) is 18.4 Å². The van der Waals surface area contributed by atoms with E-state index in [0.29, 0.717) is 18.0 Å². The number of rotatable bonds is 6. The highest BCUT2D eigenvalue weighted by Gasteiger charge is 2.16. The number of halogens is 1. The molecule has 0 saturated carbocycles. The monoisotopic (exact) mass is 267 g/mol. The Morgan fingerprint density at radius 1 is 1.22 bits per heavy atom. The highest BCUT2D eigenvalue weighted by molar-refractivity contribution is 6.21. The Balaban J connectivity index is 2.48. The first-order valence-electron chi connectivity index (χ1n) is 6.57. The van der Waals surface area contributed by atoms with Crippen molar-refractivity contribution in [2.45, 2.75) is 39.0 Å². The van der Waals surface area contributed by atoms with Crippen LogP contribution in [0.4, 0.5) is 0 Å². The molecule has 0 radical (unpaired) electrons. The minimum absolute atomic E-state index is 0.00870. The smallest absolute Gasteiger partial charge is 0.251 e. The van der Waals surface area contributed by atoms with Crippen LogP contribution in [0.25, 0.3) is 0 Å². The maximum Gasteiger partial charge on any atom is 0.251 e. The molecule has 0 saturated heterocycles. The van der Waals surface area contributed by atoms with E-state index < -0.39 is 0 Å². The van der Waals surface area contributed by atoms with E-state index in [1.54, 1.807) is 0 Å². The summed E-state index contributed by atoms with van der Waals surface area (Å²) in [6.45, 7) is 6.79.